The normalized spacial score (nSPS) is 10.6. The molecule has 0 radical (unpaired) electrons. The number of aromatic hydroxyl groups is 1. The molecule has 0 saturated heterocycles. The molecule has 3 nitrogen and oxygen atoms in total. The third-order valence-electron chi connectivity index (χ3n) is 2.81. The number of phenols is 1. The summed E-state index contributed by atoms with van der Waals surface area (Å²) < 4.78 is 29.0. The second kappa shape index (κ2) is 6.23. The first-order valence-corrected chi connectivity index (χ1v) is 6.12. The summed E-state index contributed by atoms with van der Waals surface area (Å²) in [5.74, 6) is 0.241. The lowest BCUT2D eigenvalue weighted by Gasteiger charge is -2.13. The van der Waals surface area contributed by atoms with E-state index in [1.165, 1.54) is 6.07 Å². The number of aryl methyl sites for hydroxylation is 1. The smallest absolute Gasteiger partial charge is 0.387 e. The number of rotatable bonds is 5. The van der Waals surface area contributed by atoms with Gasteiger partial charge in [-0.25, -0.2) is 0 Å². The fourth-order valence-corrected chi connectivity index (χ4v) is 1.86. The van der Waals surface area contributed by atoms with Crippen LogP contribution in [0.3, 0.4) is 0 Å². The van der Waals surface area contributed by atoms with Gasteiger partial charge in [-0.1, -0.05) is 29.8 Å². The summed E-state index contributed by atoms with van der Waals surface area (Å²) in [6.07, 6.45) is 0. The first-order chi connectivity index (χ1) is 9.56. The van der Waals surface area contributed by atoms with Crippen molar-refractivity contribution in [1.29, 1.82) is 0 Å². The van der Waals surface area contributed by atoms with E-state index in [2.05, 4.69) is 10.1 Å². The van der Waals surface area contributed by atoms with E-state index >= 15 is 0 Å². The van der Waals surface area contributed by atoms with E-state index in [4.69, 9.17) is 0 Å². The largest absolute Gasteiger partial charge is 0.508 e. The van der Waals surface area contributed by atoms with Crippen LogP contribution < -0.4 is 10.1 Å². The Hall–Kier alpha value is -2.30. The molecule has 2 aromatic carbocycles. The molecule has 0 heterocycles. The lowest BCUT2D eigenvalue weighted by molar-refractivity contribution is -0.0493. The molecular weight excluding hydrogens is 264 g/mol. The fourth-order valence-electron chi connectivity index (χ4n) is 1.86. The van der Waals surface area contributed by atoms with Crippen LogP contribution in [-0.4, -0.2) is 11.7 Å². The van der Waals surface area contributed by atoms with Gasteiger partial charge < -0.3 is 15.2 Å². The third kappa shape index (κ3) is 3.60. The van der Waals surface area contributed by atoms with Gasteiger partial charge in [0.1, 0.15) is 11.5 Å². The van der Waals surface area contributed by atoms with Crippen LogP contribution in [0.1, 0.15) is 11.1 Å². The van der Waals surface area contributed by atoms with Crippen molar-refractivity contribution in [1.82, 2.24) is 0 Å². The number of benzene rings is 2. The Bertz CT molecular complexity index is 588. The summed E-state index contributed by atoms with van der Waals surface area (Å²) in [4.78, 5) is 0. The summed E-state index contributed by atoms with van der Waals surface area (Å²) in [7, 11) is 0. The molecule has 0 fully saturated rings. The zero-order chi connectivity index (χ0) is 14.5. The van der Waals surface area contributed by atoms with E-state index in [1.807, 2.05) is 13.0 Å². The molecule has 0 aliphatic carbocycles. The predicted molar refractivity (Wildman–Crippen MR) is 73.2 cm³/mol. The Balaban J connectivity index is 2.12. The van der Waals surface area contributed by atoms with Crippen LogP contribution in [0.15, 0.2) is 42.5 Å². The molecule has 0 unspecified atom stereocenters. The van der Waals surface area contributed by atoms with Gasteiger partial charge in [0, 0.05) is 12.1 Å². The topological polar surface area (TPSA) is 41.5 Å². The molecule has 106 valence electrons. The number of nitrogens with one attached hydrogen (secondary N) is 1. The van der Waals surface area contributed by atoms with Crippen molar-refractivity contribution in [3.05, 3.63) is 53.6 Å². The standard InChI is InChI=1S/C15H15F2NO2/c1-10-6-7-13(19)11(8-10)9-18-12-4-2-3-5-14(12)20-15(16)17/h2-8,15,18-19H,9H2,1H3. The SMILES string of the molecule is Cc1ccc(O)c(CNc2ccccc2OC(F)F)c1. The molecule has 0 spiro atoms. The van der Waals surface area contributed by atoms with Crippen molar-refractivity contribution in [3.8, 4) is 11.5 Å². The predicted octanol–water partition coefficient (Wildman–Crippen LogP) is 3.91. The van der Waals surface area contributed by atoms with Crippen LogP contribution in [0.25, 0.3) is 0 Å². The Labute approximate surface area is 115 Å². The quantitative estimate of drug-likeness (QED) is 0.871. The second-order valence-electron chi connectivity index (χ2n) is 4.36. The molecule has 0 aromatic heterocycles. The van der Waals surface area contributed by atoms with E-state index in [0.29, 0.717) is 17.8 Å². The van der Waals surface area contributed by atoms with E-state index in [-0.39, 0.29) is 11.5 Å². The number of halogens is 2. The average molecular weight is 279 g/mol. The number of para-hydroxylation sites is 2. The minimum absolute atomic E-state index is 0.0784. The highest BCUT2D eigenvalue weighted by Crippen LogP contribution is 2.27. The minimum Gasteiger partial charge on any atom is -0.508 e. The average Bonchev–Trinajstić information content (AvgIpc) is 2.41. The van der Waals surface area contributed by atoms with Crippen LogP contribution in [-0.2, 0) is 6.54 Å². The van der Waals surface area contributed by atoms with Crippen LogP contribution in [0.2, 0.25) is 0 Å². The zero-order valence-corrected chi connectivity index (χ0v) is 10.9. The van der Waals surface area contributed by atoms with Crippen molar-refractivity contribution in [2.45, 2.75) is 20.1 Å². The summed E-state index contributed by atoms with van der Waals surface area (Å²) in [5.41, 5.74) is 2.15. The highest BCUT2D eigenvalue weighted by atomic mass is 19.3. The molecule has 0 saturated carbocycles. The van der Waals surface area contributed by atoms with Gasteiger partial charge >= 0.3 is 6.61 Å². The molecule has 2 aromatic rings. The maximum Gasteiger partial charge on any atom is 0.387 e. The van der Waals surface area contributed by atoms with Crippen LogP contribution >= 0.6 is 0 Å². The molecule has 0 bridgehead atoms. The van der Waals surface area contributed by atoms with Gasteiger partial charge in [-0.2, -0.15) is 8.78 Å². The fraction of sp³-hybridized carbons (Fsp3) is 0.200. The molecule has 20 heavy (non-hydrogen) atoms. The zero-order valence-electron chi connectivity index (χ0n) is 10.9. The first-order valence-electron chi connectivity index (χ1n) is 6.12. The molecule has 0 amide bonds. The lowest BCUT2D eigenvalue weighted by Crippen LogP contribution is -2.06. The second-order valence-corrected chi connectivity index (χ2v) is 4.36. The van der Waals surface area contributed by atoms with E-state index in [1.54, 1.807) is 30.3 Å². The number of phenolic OH excluding ortho intramolecular Hbond substituents is 1. The Kier molecular flexibility index (Phi) is 4.40. The molecular formula is C15H15F2NO2. The van der Waals surface area contributed by atoms with Crippen molar-refractivity contribution in [2.24, 2.45) is 0 Å². The molecule has 2 N–H and O–H groups in total. The maximum absolute atomic E-state index is 12.3. The Morgan fingerprint density at radius 1 is 1.20 bits per heavy atom. The van der Waals surface area contributed by atoms with Gasteiger partial charge in [0.25, 0.3) is 0 Å². The number of hydrogen-bond acceptors (Lipinski definition) is 3. The first kappa shape index (κ1) is 14.1. The van der Waals surface area contributed by atoms with E-state index in [9.17, 15) is 13.9 Å². The van der Waals surface area contributed by atoms with Crippen LogP contribution in [0, 0.1) is 6.92 Å². The minimum atomic E-state index is -2.87. The summed E-state index contributed by atoms with van der Waals surface area (Å²) in [6, 6.07) is 11.7. The lowest BCUT2D eigenvalue weighted by atomic mass is 10.1. The van der Waals surface area contributed by atoms with Gasteiger partial charge in [0.15, 0.2) is 0 Å². The summed E-state index contributed by atoms with van der Waals surface area (Å²) in [5, 5.41) is 12.7. The Morgan fingerprint density at radius 3 is 2.70 bits per heavy atom. The monoisotopic (exact) mass is 279 g/mol. The van der Waals surface area contributed by atoms with Gasteiger partial charge in [0.05, 0.1) is 5.69 Å². The van der Waals surface area contributed by atoms with E-state index < -0.39 is 6.61 Å². The molecule has 0 aliphatic heterocycles. The molecule has 2 rings (SSSR count). The third-order valence-corrected chi connectivity index (χ3v) is 2.81. The number of alkyl halides is 2. The number of ether oxygens (including phenoxy) is 1. The Morgan fingerprint density at radius 2 is 1.95 bits per heavy atom. The highest BCUT2D eigenvalue weighted by Gasteiger charge is 2.09. The van der Waals surface area contributed by atoms with Gasteiger partial charge in [-0.05, 0) is 25.1 Å². The van der Waals surface area contributed by atoms with Crippen molar-refractivity contribution < 1.29 is 18.6 Å². The van der Waals surface area contributed by atoms with Gasteiger partial charge in [-0.15, -0.1) is 0 Å². The maximum atomic E-state index is 12.3. The number of anilines is 1. The summed E-state index contributed by atoms with van der Waals surface area (Å²) >= 11 is 0. The van der Waals surface area contributed by atoms with Gasteiger partial charge in [-0.3, -0.25) is 0 Å². The molecule has 0 aliphatic rings. The van der Waals surface area contributed by atoms with Crippen molar-refractivity contribution >= 4 is 5.69 Å². The van der Waals surface area contributed by atoms with E-state index in [0.717, 1.165) is 5.56 Å². The molecule has 0 atom stereocenters. The van der Waals surface area contributed by atoms with Crippen LogP contribution in [0.5, 0.6) is 11.5 Å². The highest BCUT2D eigenvalue weighted by molar-refractivity contribution is 5.56. The van der Waals surface area contributed by atoms with Crippen molar-refractivity contribution in [2.75, 3.05) is 5.32 Å². The van der Waals surface area contributed by atoms with Crippen molar-refractivity contribution in [3.63, 3.8) is 0 Å². The summed E-state index contributed by atoms with van der Waals surface area (Å²) in [6.45, 7) is -0.640. The van der Waals surface area contributed by atoms with Gasteiger partial charge in [0.2, 0.25) is 0 Å². The number of hydrogen-bond donors (Lipinski definition) is 2. The molecule has 5 heteroatoms. The van der Waals surface area contributed by atoms with Crippen LogP contribution in [0.4, 0.5) is 14.5 Å².